The second-order valence-electron chi connectivity index (χ2n) is 2.67. The van der Waals surface area contributed by atoms with Crippen molar-refractivity contribution >= 4 is 50.5 Å². The Morgan fingerprint density at radius 1 is 1.47 bits per heavy atom. The van der Waals surface area contributed by atoms with Gasteiger partial charge in [0.1, 0.15) is 4.34 Å². The van der Waals surface area contributed by atoms with E-state index < -0.39 is 0 Å². The van der Waals surface area contributed by atoms with Crippen molar-refractivity contribution < 1.29 is 9.21 Å². The van der Waals surface area contributed by atoms with E-state index in [1.807, 2.05) is 0 Å². The minimum Gasteiger partial charge on any atom is -0.444 e. The fourth-order valence-electron chi connectivity index (χ4n) is 1.00. The van der Waals surface area contributed by atoms with Gasteiger partial charge in [0.05, 0.1) is 5.69 Å². The number of anilines is 1. The maximum atomic E-state index is 11.6. The standard InChI is InChI=1S/C9H5BrClNO2S/c10-7-2-1-6(14-7)9(13)12-5-3-4-15-8(5)11/h1-4H,(H,12,13). The molecule has 2 aromatic heterocycles. The Labute approximate surface area is 103 Å². The van der Waals surface area contributed by atoms with Crippen LogP contribution in [0.2, 0.25) is 4.34 Å². The first-order valence-corrected chi connectivity index (χ1v) is 6.01. The first-order chi connectivity index (χ1) is 7.16. The second kappa shape index (κ2) is 4.38. The third kappa shape index (κ3) is 2.42. The number of rotatable bonds is 2. The normalized spacial score (nSPS) is 10.3. The Balaban J connectivity index is 2.14. The molecule has 6 heteroatoms. The molecule has 0 saturated heterocycles. The van der Waals surface area contributed by atoms with Crippen LogP contribution in [0.25, 0.3) is 0 Å². The number of thiophene rings is 1. The van der Waals surface area contributed by atoms with Gasteiger partial charge >= 0.3 is 0 Å². The highest BCUT2D eigenvalue weighted by Crippen LogP contribution is 2.28. The van der Waals surface area contributed by atoms with Crippen molar-refractivity contribution in [3.05, 3.63) is 38.3 Å². The number of nitrogens with one attached hydrogen (secondary N) is 1. The molecule has 0 radical (unpaired) electrons. The van der Waals surface area contributed by atoms with E-state index in [1.165, 1.54) is 11.3 Å². The molecule has 0 aliphatic carbocycles. The van der Waals surface area contributed by atoms with Crippen molar-refractivity contribution in [2.75, 3.05) is 5.32 Å². The van der Waals surface area contributed by atoms with Crippen molar-refractivity contribution in [2.45, 2.75) is 0 Å². The van der Waals surface area contributed by atoms with Crippen LogP contribution in [0.3, 0.4) is 0 Å². The summed E-state index contributed by atoms with van der Waals surface area (Å²) in [5.74, 6) is -0.0786. The lowest BCUT2D eigenvalue weighted by Crippen LogP contribution is -2.10. The van der Waals surface area contributed by atoms with E-state index in [9.17, 15) is 4.79 Å². The predicted molar refractivity (Wildman–Crippen MR) is 63.7 cm³/mol. The van der Waals surface area contributed by atoms with Crippen molar-refractivity contribution in [2.24, 2.45) is 0 Å². The van der Waals surface area contributed by atoms with E-state index in [2.05, 4.69) is 21.2 Å². The molecule has 0 spiro atoms. The van der Waals surface area contributed by atoms with E-state index >= 15 is 0 Å². The van der Waals surface area contributed by atoms with Gasteiger partial charge in [0.2, 0.25) is 0 Å². The minimum absolute atomic E-state index is 0.240. The fourth-order valence-corrected chi connectivity index (χ4v) is 2.14. The van der Waals surface area contributed by atoms with Crippen LogP contribution in [0.5, 0.6) is 0 Å². The molecule has 0 aliphatic rings. The predicted octanol–water partition coefficient (Wildman–Crippen LogP) is 4.01. The van der Waals surface area contributed by atoms with Gasteiger partial charge in [-0.1, -0.05) is 11.6 Å². The minimum atomic E-state index is -0.319. The molecule has 3 nitrogen and oxygen atoms in total. The highest BCUT2D eigenvalue weighted by Gasteiger charge is 2.12. The van der Waals surface area contributed by atoms with Crippen LogP contribution >= 0.6 is 38.9 Å². The average Bonchev–Trinajstić information content (AvgIpc) is 2.77. The lowest BCUT2D eigenvalue weighted by atomic mass is 10.4. The smallest absolute Gasteiger partial charge is 0.291 e. The van der Waals surface area contributed by atoms with Gasteiger partial charge in [0.15, 0.2) is 10.4 Å². The Bertz CT molecular complexity index is 494. The molecule has 0 unspecified atom stereocenters. The average molecular weight is 307 g/mol. The summed E-state index contributed by atoms with van der Waals surface area (Å²) in [7, 11) is 0. The molecule has 15 heavy (non-hydrogen) atoms. The lowest BCUT2D eigenvalue weighted by Gasteiger charge is -1.99. The summed E-state index contributed by atoms with van der Waals surface area (Å²) in [6.45, 7) is 0. The number of carbonyl (C=O) groups excluding carboxylic acids is 1. The SMILES string of the molecule is O=C(Nc1ccsc1Cl)c1ccc(Br)o1. The van der Waals surface area contributed by atoms with E-state index in [1.54, 1.807) is 23.6 Å². The van der Waals surface area contributed by atoms with Crippen molar-refractivity contribution in [1.29, 1.82) is 0 Å². The van der Waals surface area contributed by atoms with Crippen molar-refractivity contribution in [3.8, 4) is 0 Å². The first-order valence-electron chi connectivity index (χ1n) is 3.96. The topological polar surface area (TPSA) is 42.2 Å². The van der Waals surface area contributed by atoms with E-state index in [0.717, 1.165) is 0 Å². The quantitative estimate of drug-likeness (QED) is 0.911. The molecule has 0 aliphatic heterocycles. The largest absolute Gasteiger partial charge is 0.444 e. The maximum absolute atomic E-state index is 11.6. The van der Waals surface area contributed by atoms with Gasteiger partial charge in [0, 0.05) is 0 Å². The van der Waals surface area contributed by atoms with Gasteiger partial charge < -0.3 is 9.73 Å². The lowest BCUT2D eigenvalue weighted by molar-refractivity contribution is 0.0995. The Morgan fingerprint density at radius 3 is 2.80 bits per heavy atom. The van der Waals surface area contributed by atoms with E-state index in [-0.39, 0.29) is 11.7 Å². The van der Waals surface area contributed by atoms with Gasteiger partial charge in [0.25, 0.3) is 5.91 Å². The highest BCUT2D eigenvalue weighted by atomic mass is 79.9. The summed E-state index contributed by atoms with van der Waals surface area (Å²) in [5, 5.41) is 4.45. The molecule has 0 saturated carbocycles. The summed E-state index contributed by atoms with van der Waals surface area (Å²) in [6, 6.07) is 4.98. The molecule has 1 amide bonds. The van der Waals surface area contributed by atoms with Crippen LogP contribution in [0.4, 0.5) is 5.69 Å². The van der Waals surface area contributed by atoms with Crippen LogP contribution in [-0.4, -0.2) is 5.91 Å². The molecular formula is C9H5BrClNO2S. The second-order valence-corrected chi connectivity index (χ2v) is 4.97. The van der Waals surface area contributed by atoms with Crippen molar-refractivity contribution in [1.82, 2.24) is 0 Å². The Morgan fingerprint density at radius 2 is 2.27 bits per heavy atom. The molecular weight excluding hydrogens is 302 g/mol. The summed E-state index contributed by atoms with van der Waals surface area (Å²) >= 11 is 10.3. The monoisotopic (exact) mass is 305 g/mol. The third-order valence-electron chi connectivity index (χ3n) is 1.66. The van der Waals surface area contributed by atoms with Gasteiger partial charge in [-0.15, -0.1) is 11.3 Å². The molecule has 0 atom stereocenters. The van der Waals surface area contributed by atoms with Gasteiger partial charge in [-0.3, -0.25) is 4.79 Å². The van der Waals surface area contributed by atoms with E-state index in [0.29, 0.717) is 14.7 Å². The summed E-state index contributed by atoms with van der Waals surface area (Å²) < 4.78 is 6.17. The molecule has 78 valence electrons. The van der Waals surface area contributed by atoms with Crippen LogP contribution in [-0.2, 0) is 0 Å². The van der Waals surface area contributed by atoms with Gasteiger partial charge in [-0.2, -0.15) is 0 Å². The van der Waals surface area contributed by atoms with E-state index in [4.69, 9.17) is 16.0 Å². The fraction of sp³-hybridized carbons (Fsp3) is 0. The van der Waals surface area contributed by atoms with Crippen LogP contribution in [0.1, 0.15) is 10.6 Å². The van der Waals surface area contributed by atoms with Crippen LogP contribution < -0.4 is 5.32 Å². The zero-order valence-electron chi connectivity index (χ0n) is 7.29. The molecule has 2 rings (SSSR count). The summed E-state index contributed by atoms with van der Waals surface area (Å²) in [6.07, 6.45) is 0. The molecule has 2 aromatic rings. The third-order valence-corrected chi connectivity index (χ3v) is 3.26. The first kappa shape index (κ1) is 10.7. The number of hydrogen-bond donors (Lipinski definition) is 1. The van der Waals surface area contributed by atoms with Crippen molar-refractivity contribution in [3.63, 3.8) is 0 Å². The van der Waals surface area contributed by atoms with Gasteiger partial charge in [-0.05, 0) is 39.5 Å². The molecule has 0 aromatic carbocycles. The molecule has 0 fully saturated rings. The number of furan rings is 1. The summed E-state index contributed by atoms with van der Waals surface area (Å²) in [5.41, 5.74) is 0.596. The molecule has 1 N–H and O–H groups in total. The zero-order chi connectivity index (χ0) is 10.8. The van der Waals surface area contributed by atoms with Crippen LogP contribution in [0.15, 0.2) is 32.7 Å². The number of halogens is 2. The summed E-state index contributed by atoms with van der Waals surface area (Å²) in [4.78, 5) is 11.6. The maximum Gasteiger partial charge on any atom is 0.291 e. The molecule has 0 bridgehead atoms. The van der Waals surface area contributed by atoms with Crippen LogP contribution in [0, 0.1) is 0 Å². The number of carbonyl (C=O) groups is 1. The Kier molecular flexibility index (Phi) is 3.14. The van der Waals surface area contributed by atoms with Gasteiger partial charge in [-0.25, -0.2) is 0 Å². The molecule has 2 heterocycles. The highest BCUT2D eigenvalue weighted by molar-refractivity contribution is 9.10. The zero-order valence-corrected chi connectivity index (χ0v) is 10.4. The number of amides is 1. The number of hydrogen-bond acceptors (Lipinski definition) is 3. The Hall–Kier alpha value is -0.780.